The topological polar surface area (TPSA) is 12.0 Å². The quantitative estimate of drug-likeness (QED) is 0.809. The van der Waals surface area contributed by atoms with E-state index in [9.17, 15) is 0 Å². The molecule has 0 aliphatic heterocycles. The predicted octanol–water partition coefficient (Wildman–Crippen LogP) is 5.13. The zero-order valence-corrected chi connectivity index (χ0v) is 12.9. The van der Waals surface area contributed by atoms with Gasteiger partial charge in [0.25, 0.3) is 0 Å². The molecule has 90 valence electrons. The van der Waals surface area contributed by atoms with Gasteiger partial charge in [-0.15, -0.1) is 11.3 Å². The largest absolute Gasteiger partial charge is 0.309 e. The fourth-order valence-electron chi connectivity index (χ4n) is 1.66. The zero-order valence-electron chi connectivity index (χ0n) is 9.01. The Kier molecular flexibility index (Phi) is 4.50. The summed E-state index contributed by atoms with van der Waals surface area (Å²) in [5.41, 5.74) is 1.13. The number of benzene rings is 1. The highest BCUT2D eigenvalue weighted by molar-refractivity contribution is 9.11. The molecule has 1 N–H and O–H groups in total. The molecule has 0 radical (unpaired) electrons. The second-order valence-electron chi connectivity index (χ2n) is 3.55. The maximum atomic E-state index is 6.06. The van der Waals surface area contributed by atoms with Crippen LogP contribution in [0, 0.1) is 0 Å². The molecule has 2 rings (SSSR count). The molecule has 2 aromatic rings. The average Bonchev–Trinajstić information content (AvgIpc) is 2.60. The van der Waals surface area contributed by atoms with Crippen LogP contribution in [0.4, 0.5) is 0 Å². The lowest BCUT2D eigenvalue weighted by Gasteiger charge is -2.15. The van der Waals surface area contributed by atoms with Crippen molar-refractivity contribution in [3.8, 4) is 0 Å². The Hall–Kier alpha value is -0.0600. The number of hydrogen-bond donors (Lipinski definition) is 1. The van der Waals surface area contributed by atoms with E-state index in [0.717, 1.165) is 24.3 Å². The van der Waals surface area contributed by atoms with Crippen LogP contribution in [-0.2, 0) is 0 Å². The third kappa shape index (κ3) is 3.04. The van der Waals surface area contributed by atoms with Gasteiger partial charge in [-0.2, -0.15) is 0 Å². The number of hydrogen-bond acceptors (Lipinski definition) is 2. The van der Waals surface area contributed by atoms with E-state index in [4.69, 9.17) is 23.2 Å². The van der Waals surface area contributed by atoms with Crippen LogP contribution >= 0.6 is 50.5 Å². The van der Waals surface area contributed by atoms with Crippen LogP contribution in [0.2, 0.25) is 10.0 Å². The highest BCUT2D eigenvalue weighted by Crippen LogP contribution is 2.37. The van der Waals surface area contributed by atoms with Crippen LogP contribution < -0.4 is 5.32 Å². The molecule has 1 heterocycles. The van der Waals surface area contributed by atoms with E-state index in [1.807, 2.05) is 31.3 Å². The Labute approximate surface area is 123 Å². The molecule has 1 nitrogen and oxygen atoms in total. The van der Waals surface area contributed by atoms with Crippen molar-refractivity contribution in [2.24, 2.45) is 0 Å². The molecule has 0 saturated heterocycles. The minimum Gasteiger partial charge on any atom is -0.309 e. The summed E-state index contributed by atoms with van der Waals surface area (Å²) in [7, 11) is 1.92. The molecule has 5 heteroatoms. The summed E-state index contributed by atoms with van der Waals surface area (Å²) >= 11 is 17.1. The van der Waals surface area contributed by atoms with E-state index >= 15 is 0 Å². The summed E-state index contributed by atoms with van der Waals surface area (Å²) in [6.07, 6.45) is 0. The summed E-state index contributed by atoms with van der Waals surface area (Å²) in [5.74, 6) is 0. The van der Waals surface area contributed by atoms with Crippen molar-refractivity contribution in [3.63, 3.8) is 0 Å². The summed E-state index contributed by atoms with van der Waals surface area (Å²) in [4.78, 5) is 1.16. The summed E-state index contributed by atoms with van der Waals surface area (Å²) in [6.45, 7) is 0. The Morgan fingerprint density at radius 3 is 2.59 bits per heavy atom. The molecular weight excluding hydrogens is 341 g/mol. The molecule has 0 spiro atoms. The van der Waals surface area contributed by atoms with Gasteiger partial charge in [0.2, 0.25) is 0 Å². The van der Waals surface area contributed by atoms with Crippen molar-refractivity contribution in [1.29, 1.82) is 0 Å². The van der Waals surface area contributed by atoms with Gasteiger partial charge in [-0.3, -0.25) is 0 Å². The van der Waals surface area contributed by atoms with Gasteiger partial charge in [0, 0.05) is 9.90 Å². The van der Waals surface area contributed by atoms with E-state index < -0.39 is 0 Å². The van der Waals surface area contributed by atoms with Crippen molar-refractivity contribution in [1.82, 2.24) is 5.32 Å². The first-order valence-electron chi connectivity index (χ1n) is 4.99. The number of halogens is 3. The monoisotopic (exact) mass is 349 g/mol. The molecule has 0 saturated carbocycles. The molecule has 0 fully saturated rings. The normalized spacial score (nSPS) is 12.7. The number of nitrogens with one attached hydrogen (secondary N) is 1. The summed E-state index contributed by atoms with van der Waals surface area (Å²) in [5, 5.41) is 4.76. The van der Waals surface area contributed by atoms with Gasteiger partial charge in [-0.25, -0.2) is 0 Å². The zero-order chi connectivity index (χ0) is 12.4. The van der Waals surface area contributed by atoms with Crippen LogP contribution in [0.3, 0.4) is 0 Å². The summed E-state index contributed by atoms with van der Waals surface area (Å²) in [6, 6.07) is 9.92. The molecule has 0 aliphatic rings. The summed E-state index contributed by atoms with van der Waals surface area (Å²) < 4.78 is 0.955. The van der Waals surface area contributed by atoms with E-state index in [1.54, 1.807) is 11.3 Å². The molecule has 17 heavy (non-hydrogen) atoms. The highest BCUT2D eigenvalue weighted by Gasteiger charge is 2.16. The Morgan fingerprint density at radius 1 is 1.29 bits per heavy atom. The molecule has 1 atom stereocenters. The first-order chi connectivity index (χ1) is 8.11. The fraction of sp³-hybridized carbons (Fsp3) is 0.167. The van der Waals surface area contributed by atoms with Crippen molar-refractivity contribution < 1.29 is 0 Å². The molecule has 1 aromatic carbocycles. The van der Waals surface area contributed by atoms with Gasteiger partial charge in [-0.05, 0) is 46.7 Å². The molecule has 1 unspecified atom stereocenters. The van der Waals surface area contributed by atoms with E-state index in [2.05, 4.69) is 27.3 Å². The number of thiophene rings is 1. The standard InChI is InChI=1S/C12H10BrCl2NS/c1-16-11(7-3-2-4-8(14)5-7)10-6-9(15)12(13)17-10/h2-6,11,16H,1H3. The Bertz CT molecular complexity index is 507. The van der Waals surface area contributed by atoms with Crippen LogP contribution in [0.1, 0.15) is 16.5 Å². The first kappa shape index (κ1) is 13.4. The van der Waals surface area contributed by atoms with E-state index in [0.29, 0.717) is 0 Å². The third-order valence-electron chi connectivity index (χ3n) is 2.42. The van der Waals surface area contributed by atoms with Crippen molar-refractivity contribution in [2.75, 3.05) is 7.05 Å². The van der Waals surface area contributed by atoms with Gasteiger partial charge in [0.15, 0.2) is 0 Å². The SMILES string of the molecule is CNC(c1cccc(Cl)c1)c1cc(Cl)c(Br)s1. The van der Waals surface area contributed by atoms with Gasteiger partial charge in [-0.1, -0.05) is 35.3 Å². The van der Waals surface area contributed by atoms with Gasteiger partial charge in [0.1, 0.15) is 0 Å². The van der Waals surface area contributed by atoms with Gasteiger partial charge < -0.3 is 5.32 Å². The maximum absolute atomic E-state index is 6.06. The number of rotatable bonds is 3. The Balaban J connectivity index is 2.39. The van der Waals surface area contributed by atoms with Crippen LogP contribution in [0.5, 0.6) is 0 Å². The second kappa shape index (κ2) is 5.72. The lowest BCUT2D eigenvalue weighted by molar-refractivity contribution is 0.704. The molecule has 0 bridgehead atoms. The first-order valence-corrected chi connectivity index (χ1v) is 7.36. The van der Waals surface area contributed by atoms with Gasteiger partial charge >= 0.3 is 0 Å². The predicted molar refractivity (Wildman–Crippen MR) is 79.4 cm³/mol. The smallest absolute Gasteiger partial charge is 0.0888 e. The van der Waals surface area contributed by atoms with Crippen molar-refractivity contribution in [3.05, 3.63) is 54.6 Å². The van der Waals surface area contributed by atoms with E-state index in [1.165, 1.54) is 0 Å². The maximum Gasteiger partial charge on any atom is 0.0888 e. The molecular formula is C12H10BrCl2NS. The van der Waals surface area contributed by atoms with Crippen molar-refractivity contribution >= 4 is 50.5 Å². The van der Waals surface area contributed by atoms with Crippen LogP contribution in [-0.4, -0.2) is 7.05 Å². The lowest BCUT2D eigenvalue weighted by atomic mass is 10.1. The second-order valence-corrected chi connectivity index (χ2v) is 6.79. The minimum absolute atomic E-state index is 0.113. The third-order valence-corrected chi connectivity index (χ3v) is 5.19. The fourth-order valence-corrected chi connectivity index (χ4v) is 3.75. The highest BCUT2D eigenvalue weighted by atomic mass is 79.9. The molecule has 0 amide bonds. The molecule has 0 aliphatic carbocycles. The van der Waals surface area contributed by atoms with Gasteiger partial charge in [0.05, 0.1) is 14.9 Å². The van der Waals surface area contributed by atoms with Crippen molar-refractivity contribution in [2.45, 2.75) is 6.04 Å². The minimum atomic E-state index is 0.113. The van der Waals surface area contributed by atoms with Crippen LogP contribution in [0.25, 0.3) is 0 Å². The molecule has 1 aromatic heterocycles. The van der Waals surface area contributed by atoms with Crippen LogP contribution in [0.15, 0.2) is 34.1 Å². The van der Waals surface area contributed by atoms with E-state index in [-0.39, 0.29) is 6.04 Å². The lowest BCUT2D eigenvalue weighted by Crippen LogP contribution is -2.16. The average molecular weight is 351 g/mol. The Morgan fingerprint density at radius 2 is 2.06 bits per heavy atom.